The Morgan fingerprint density at radius 1 is 0.903 bits per heavy atom. The molecule has 31 heavy (non-hydrogen) atoms. The fourth-order valence-electron chi connectivity index (χ4n) is 4.20. The Labute approximate surface area is 183 Å². The van der Waals surface area contributed by atoms with E-state index in [1.807, 2.05) is 18.2 Å². The number of carbonyl (C=O) groups is 2. The van der Waals surface area contributed by atoms with Gasteiger partial charge in [0.1, 0.15) is 6.54 Å². The summed E-state index contributed by atoms with van der Waals surface area (Å²) in [7, 11) is -3.58. The lowest BCUT2D eigenvalue weighted by Gasteiger charge is -2.35. The number of rotatable bonds is 5. The third-order valence-corrected chi connectivity index (χ3v) is 7.97. The molecule has 2 aromatic rings. The lowest BCUT2D eigenvalue weighted by molar-refractivity contribution is -0.116. The zero-order chi connectivity index (χ0) is 22.2. The summed E-state index contributed by atoms with van der Waals surface area (Å²) in [6, 6.07) is 15.4. The van der Waals surface area contributed by atoms with Crippen LogP contribution in [0.1, 0.15) is 38.2 Å². The van der Waals surface area contributed by atoms with Crippen LogP contribution in [0.25, 0.3) is 0 Å². The van der Waals surface area contributed by atoms with Crippen LogP contribution >= 0.6 is 0 Å². The van der Waals surface area contributed by atoms with Gasteiger partial charge in [0.25, 0.3) is 5.91 Å². The second kappa shape index (κ2) is 8.43. The molecule has 2 fully saturated rings. The topological polar surface area (TPSA) is 78.0 Å². The molecule has 0 aliphatic carbocycles. The van der Waals surface area contributed by atoms with Crippen LogP contribution in [0.2, 0.25) is 0 Å². The molecule has 2 aliphatic heterocycles. The third kappa shape index (κ3) is 4.09. The monoisotopic (exact) mass is 441 g/mol. The molecule has 4 rings (SSSR count). The molecule has 0 radical (unpaired) electrons. The first-order valence-corrected chi connectivity index (χ1v) is 12.0. The van der Waals surface area contributed by atoms with Gasteiger partial charge in [-0.25, -0.2) is 18.1 Å². The number of carbonyl (C=O) groups excluding carboxylic acids is 2. The van der Waals surface area contributed by atoms with Crippen molar-refractivity contribution in [2.24, 2.45) is 0 Å². The maximum absolute atomic E-state index is 13.0. The number of urea groups is 1. The first-order chi connectivity index (χ1) is 14.8. The number of benzene rings is 2. The van der Waals surface area contributed by atoms with Gasteiger partial charge in [-0.05, 0) is 48.6 Å². The molecule has 0 aromatic heterocycles. The van der Waals surface area contributed by atoms with Gasteiger partial charge in [0.05, 0.1) is 10.6 Å². The molecule has 2 aliphatic rings. The predicted molar refractivity (Wildman–Crippen MR) is 118 cm³/mol. The van der Waals surface area contributed by atoms with Gasteiger partial charge in [-0.1, -0.05) is 44.2 Å². The van der Waals surface area contributed by atoms with E-state index < -0.39 is 10.0 Å². The molecule has 0 atom stereocenters. The van der Waals surface area contributed by atoms with Crippen LogP contribution in [-0.2, 0) is 14.8 Å². The third-order valence-electron chi connectivity index (χ3n) is 6.06. The summed E-state index contributed by atoms with van der Waals surface area (Å²) in [5, 5.41) is 0. The van der Waals surface area contributed by atoms with Gasteiger partial charge < -0.3 is 4.90 Å². The van der Waals surface area contributed by atoms with Crippen molar-refractivity contribution in [1.82, 2.24) is 9.21 Å². The molecule has 2 aromatic carbocycles. The minimum Gasteiger partial charge on any atom is -0.312 e. The molecule has 164 valence electrons. The summed E-state index contributed by atoms with van der Waals surface area (Å²) in [6.07, 6.45) is 1.01. The van der Waals surface area contributed by atoms with Crippen molar-refractivity contribution in [2.45, 2.75) is 43.5 Å². The summed E-state index contributed by atoms with van der Waals surface area (Å²) in [6.45, 7) is 4.81. The van der Waals surface area contributed by atoms with E-state index in [0.29, 0.717) is 37.5 Å². The Kier molecular flexibility index (Phi) is 5.85. The zero-order valence-corrected chi connectivity index (χ0v) is 18.6. The molecule has 0 saturated carbocycles. The number of amides is 3. The summed E-state index contributed by atoms with van der Waals surface area (Å²) in [5.41, 5.74) is 1.66. The van der Waals surface area contributed by atoms with Crippen molar-refractivity contribution in [3.8, 4) is 0 Å². The molecule has 2 heterocycles. The summed E-state index contributed by atoms with van der Waals surface area (Å²) in [4.78, 5) is 28.5. The molecule has 0 bridgehead atoms. The minimum atomic E-state index is -3.58. The Morgan fingerprint density at radius 3 is 2.10 bits per heavy atom. The van der Waals surface area contributed by atoms with Gasteiger partial charge in [0.2, 0.25) is 10.0 Å². The summed E-state index contributed by atoms with van der Waals surface area (Å²) < 4.78 is 27.5. The van der Waals surface area contributed by atoms with Crippen LogP contribution in [0, 0.1) is 0 Å². The van der Waals surface area contributed by atoms with Crippen LogP contribution < -0.4 is 4.90 Å². The number of para-hydroxylation sites is 1. The van der Waals surface area contributed by atoms with Crippen molar-refractivity contribution >= 4 is 27.6 Å². The molecule has 2 saturated heterocycles. The highest BCUT2D eigenvalue weighted by atomic mass is 32.2. The zero-order valence-electron chi connectivity index (χ0n) is 17.8. The lowest BCUT2D eigenvalue weighted by Crippen LogP contribution is -2.48. The second-order valence-corrected chi connectivity index (χ2v) is 10.3. The molecule has 3 amide bonds. The molecule has 0 N–H and O–H groups in total. The number of piperidine rings is 1. The van der Waals surface area contributed by atoms with Gasteiger partial charge >= 0.3 is 6.03 Å². The Bertz CT molecular complexity index is 1060. The fraction of sp³-hybridized carbons (Fsp3) is 0.391. The number of nitrogens with zero attached hydrogens (tertiary/aromatic N) is 3. The van der Waals surface area contributed by atoms with Gasteiger partial charge in [-0.2, -0.15) is 4.31 Å². The van der Waals surface area contributed by atoms with Gasteiger partial charge in [0, 0.05) is 19.1 Å². The molecular weight excluding hydrogens is 414 g/mol. The highest BCUT2D eigenvalue weighted by molar-refractivity contribution is 7.89. The van der Waals surface area contributed by atoms with Crippen LogP contribution in [0.5, 0.6) is 0 Å². The standard InChI is InChI=1S/C23H27N3O4S/c1-17(2)18-8-10-21(11-9-18)31(29,30)24-14-12-19(13-15-24)25-16-22(27)26(23(25)28)20-6-4-3-5-7-20/h3-11,17,19H,12-16H2,1-2H3. The van der Waals surface area contributed by atoms with Crippen molar-refractivity contribution in [3.63, 3.8) is 0 Å². The van der Waals surface area contributed by atoms with Crippen LogP contribution in [0.4, 0.5) is 10.5 Å². The summed E-state index contributed by atoms with van der Waals surface area (Å²) in [5.74, 6) is 0.0835. The molecule has 8 heteroatoms. The molecule has 0 unspecified atom stereocenters. The maximum Gasteiger partial charge on any atom is 0.332 e. The Morgan fingerprint density at radius 2 is 1.52 bits per heavy atom. The Hall–Kier alpha value is -2.71. The normalized spacial score (nSPS) is 18.9. The van der Waals surface area contributed by atoms with E-state index in [0.717, 1.165) is 5.56 Å². The van der Waals surface area contributed by atoms with Gasteiger partial charge in [-0.3, -0.25) is 4.79 Å². The van der Waals surface area contributed by atoms with E-state index >= 15 is 0 Å². The Balaban J connectivity index is 1.43. The van der Waals surface area contributed by atoms with E-state index in [1.54, 1.807) is 41.3 Å². The number of sulfonamides is 1. The predicted octanol–water partition coefficient (Wildman–Crippen LogP) is 3.43. The van der Waals surface area contributed by atoms with E-state index in [4.69, 9.17) is 0 Å². The summed E-state index contributed by atoms with van der Waals surface area (Å²) >= 11 is 0. The second-order valence-electron chi connectivity index (χ2n) is 8.33. The van der Waals surface area contributed by atoms with Gasteiger partial charge in [0.15, 0.2) is 0 Å². The minimum absolute atomic E-state index is 0.0296. The molecular formula is C23H27N3O4S. The lowest BCUT2D eigenvalue weighted by atomic mass is 10.0. The number of hydrogen-bond acceptors (Lipinski definition) is 4. The van der Waals surface area contributed by atoms with Gasteiger partial charge in [-0.15, -0.1) is 0 Å². The molecule has 0 spiro atoms. The number of imide groups is 1. The van der Waals surface area contributed by atoms with Crippen molar-refractivity contribution in [1.29, 1.82) is 0 Å². The van der Waals surface area contributed by atoms with Crippen LogP contribution in [0.15, 0.2) is 59.5 Å². The van der Waals surface area contributed by atoms with Crippen LogP contribution in [0.3, 0.4) is 0 Å². The average Bonchev–Trinajstić information content (AvgIpc) is 3.08. The fourth-order valence-corrected chi connectivity index (χ4v) is 5.67. The van der Waals surface area contributed by atoms with Crippen molar-refractivity contribution < 1.29 is 18.0 Å². The van der Waals surface area contributed by atoms with Crippen molar-refractivity contribution in [2.75, 3.05) is 24.5 Å². The number of anilines is 1. The molecule has 7 nitrogen and oxygen atoms in total. The van der Waals surface area contributed by atoms with Crippen LogP contribution in [-0.4, -0.2) is 55.2 Å². The van der Waals surface area contributed by atoms with E-state index in [2.05, 4.69) is 13.8 Å². The first-order valence-electron chi connectivity index (χ1n) is 10.6. The van der Waals surface area contributed by atoms with E-state index in [9.17, 15) is 18.0 Å². The SMILES string of the molecule is CC(C)c1ccc(S(=O)(=O)N2CCC(N3CC(=O)N(c4ccccc4)C3=O)CC2)cc1. The number of hydrogen-bond donors (Lipinski definition) is 0. The maximum atomic E-state index is 13.0. The van der Waals surface area contributed by atoms with E-state index in [-0.39, 0.29) is 29.4 Å². The largest absolute Gasteiger partial charge is 0.332 e. The first kappa shape index (κ1) is 21.5. The quantitative estimate of drug-likeness (QED) is 0.666. The highest BCUT2D eigenvalue weighted by Gasteiger charge is 2.42. The average molecular weight is 442 g/mol. The van der Waals surface area contributed by atoms with Crippen molar-refractivity contribution in [3.05, 3.63) is 60.2 Å². The highest BCUT2D eigenvalue weighted by Crippen LogP contribution is 2.28. The van der Waals surface area contributed by atoms with E-state index in [1.165, 1.54) is 9.21 Å². The smallest absolute Gasteiger partial charge is 0.312 e.